The monoisotopic (exact) mass is 281 g/mol. The minimum atomic E-state index is 0.291. The van der Waals surface area contributed by atoms with Crippen molar-refractivity contribution in [2.24, 2.45) is 0 Å². The Morgan fingerprint density at radius 2 is 2.21 bits per heavy atom. The molecule has 106 valence electrons. The first-order valence-electron chi connectivity index (χ1n) is 7.21. The van der Waals surface area contributed by atoms with E-state index in [1.165, 1.54) is 11.4 Å². The molecule has 5 heteroatoms. The summed E-state index contributed by atoms with van der Waals surface area (Å²) in [6.45, 7) is 5.53. The summed E-state index contributed by atoms with van der Waals surface area (Å²) in [6, 6.07) is 0. The number of piperidine rings is 1. The van der Waals surface area contributed by atoms with E-state index in [2.05, 4.69) is 22.6 Å². The van der Waals surface area contributed by atoms with E-state index >= 15 is 0 Å². The van der Waals surface area contributed by atoms with Gasteiger partial charge in [0.1, 0.15) is 0 Å². The van der Waals surface area contributed by atoms with Gasteiger partial charge in [0.25, 0.3) is 0 Å². The van der Waals surface area contributed by atoms with Crippen molar-refractivity contribution in [3.63, 3.8) is 0 Å². The molecule has 1 aliphatic rings. The number of rotatable bonds is 6. The zero-order valence-electron chi connectivity index (χ0n) is 11.7. The summed E-state index contributed by atoms with van der Waals surface area (Å²) in [5.74, 6) is 0.291. The molecule has 1 aromatic heterocycles. The number of nitrogens with zero attached hydrogens (tertiary/aromatic N) is 2. The average molecular weight is 281 g/mol. The third-order valence-corrected chi connectivity index (χ3v) is 4.47. The number of hydrogen-bond acceptors (Lipinski definition) is 4. The van der Waals surface area contributed by atoms with E-state index in [4.69, 9.17) is 0 Å². The van der Waals surface area contributed by atoms with Crippen LogP contribution in [0.2, 0.25) is 0 Å². The SMILES string of the molecule is CCc1nc(CNCCC(=O)N2CCCCC2)cs1. The molecule has 0 aromatic carbocycles. The van der Waals surface area contributed by atoms with Gasteiger partial charge in [-0.25, -0.2) is 4.98 Å². The summed E-state index contributed by atoms with van der Waals surface area (Å²) in [5.41, 5.74) is 1.09. The number of carbonyl (C=O) groups excluding carboxylic acids is 1. The summed E-state index contributed by atoms with van der Waals surface area (Å²) in [5, 5.41) is 6.58. The number of carbonyl (C=O) groups is 1. The third-order valence-electron chi connectivity index (χ3n) is 3.43. The molecule has 2 rings (SSSR count). The number of likely N-dealkylation sites (tertiary alicyclic amines) is 1. The second-order valence-electron chi connectivity index (χ2n) is 4.95. The molecular formula is C14H23N3OS. The van der Waals surface area contributed by atoms with Gasteiger partial charge in [0, 0.05) is 38.0 Å². The molecule has 1 aromatic rings. The molecule has 0 unspecified atom stereocenters. The van der Waals surface area contributed by atoms with Gasteiger partial charge in [0.05, 0.1) is 10.7 Å². The van der Waals surface area contributed by atoms with Crippen LogP contribution in [-0.4, -0.2) is 35.4 Å². The number of nitrogens with one attached hydrogen (secondary N) is 1. The molecule has 1 aliphatic heterocycles. The average Bonchev–Trinajstić information content (AvgIpc) is 2.92. The first-order chi connectivity index (χ1) is 9.29. The highest BCUT2D eigenvalue weighted by molar-refractivity contribution is 7.09. The molecule has 1 N–H and O–H groups in total. The van der Waals surface area contributed by atoms with Crippen molar-refractivity contribution < 1.29 is 4.79 Å². The Morgan fingerprint density at radius 1 is 1.42 bits per heavy atom. The maximum atomic E-state index is 11.9. The van der Waals surface area contributed by atoms with E-state index < -0.39 is 0 Å². The quantitative estimate of drug-likeness (QED) is 0.813. The van der Waals surface area contributed by atoms with Gasteiger partial charge in [0.15, 0.2) is 0 Å². The number of aryl methyl sites for hydroxylation is 1. The minimum Gasteiger partial charge on any atom is -0.343 e. The van der Waals surface area contributed by atoms with Crippen LogP contribution in [0.1, 0.15) is 43.3 Å². The highest BCUT2D eigenvalue weighted by Gasteiger charge is 2.15. The van der Waals surface area contributed by atoms with E-state index in [9.17, 15) is 4.79 Å². The highest BCUT2D eigenvalue weighted by atomic mass is 32.1. The fourth-order valence-electron chi connectivity index (χ4n) is 2.31. The predicted octanol–water partition coefficient (Wildman–Crippen LogP) is 2.20. The molecule has 0 radical (unpaired) electrons. The fraction of sp³-hybridized carbons (Fsp3) is 0.714. The maximum Gasteiger partial charge on any atom is 0.223 e. The van der Waals surface area contributed by atoms with Crippen LogP contribution in [0.25, 0.3) is 0 Å². The van der Waals surface area contributed by atoms with Crippen molar-refractivity contribution in [2.45, 2.75) is 45.6 Å². The van der Waals surface area contributed by atoms with Gasteiger partial charge < -0.3 is 10.2 Å². The van der Waals surface area contributed by atoms with Gasteiger partial charge in [-0.15, -0.1) is 11.3 Å². The normalized spacial score (nSPS) is 15.7. The molecule has 2 heterocycles. The van der Waals surface area contributed by atoms with Gasteiger partial charge in [-0.2, -0.15) is 0 Å². The topological polar surface area (TPSA) is 45.2 Å². The number of amides is 1. The van der Waals surface area contributed by atoms with Crippen molar-refractivity contribution in [3.05, 3.63) is 16.1 Å². The lowest BCUT2D eigenvalue weighted by Crippen LogP contribution is -2.37. The number of thiazole rings is 1. The molecule has 0 bridgehead atoms. The molecule has 0 aliphatic carbocycles. The van der Waals surface area contributed by atoms with E-state index in [1.54, 1.807) is 11.3 Å². The van der Waals surface area contributed by atoms with Crippen LogP contribution in [-0.2, 0) is 17.8 Å². The second kappa shape index (κ2) is 7.60. The van der Waals surface area contributed by atoms with Crippen molar-refractivity contribution >= 4 is 17.2 Å². The Labute approximate surface area is 119 Å². The van der Waals surface area contributed by atoms with Crippen LogP contribution in [0.15, 0.2) is 5.38 Å². The van der Waals surface area contributed by atoms with Crippen LogP contribution in [0.4, 0.5) is 0 Å². The number of hydrogen-bond donors (Lipinski definition) is 1. The molecular weight excluding hydrogens is 258 g/mol. The summed E-state index contributed by atoms with van der Waals surface area (Å²) >= 11 is 1.71. The smallest absolute Gasteiger partial charge is 0.223 e. The van der Waals surface area contributed by atoms with Crippen molar-refractivity contribution in [1.82, 2.24) is 15.2 Å². The van der Waals surface area contributed by atoms with E-state index in [0.717, 1.165) is 51.1 Å². The Bertz CT molecular complexity index is 399. The predicted molar refractivity (Wildman–Crippen MR) is 78.2 cm³/mol. The number of aromatic nitrogens is 1. The highest BCUT2D eigenvalue weighted by Crippen LogP contribution is 2.11. The molecule has 1 fully saturated rings. The third kappa shape index (κ3) is 4.58. The zero-order valence-corrected chi connectivity index (χ0v) is 12.5. The van der Waals surface area contributed by atoms with Crippen LogP contribution in [0, 0.1) is 0 Å². The van der Waals surface area contributed by atoms with Gasteiger partial charge in [-0.1, -0.05) is 6.92 Å². The lowest BCUT2D eigenvalue weighted by atomic mass is 10.1. The molecule has 4 nitrogen and oxygen atoms in total. The van der Waals surface area contributed by atoms with Crippen LogP contribution in [0.3, 0.4) is 0 Å². The summed E-state index contributed by atoms with van der Waals surface area (Å²) < 4.78 is 0. The molecule has 19 heavy (non-hydrogen) atoms. The molecule has 1 saturated heterocycles. The lowest BCUT2D eigenvalue weighted by Gasteiger charge is -2.26. The minimum absolute atomic E-state index is 0.291. The molecule has 1 amide bonds. The Morgan fingerprint density at radius 3 is 2.89 bits per heavy atom. The van der Waals surface area contributed by atoms with Crippen LogP contribution in [0.5, 0.6) is 0 Å². The Hall–Kier alpha value is -0.940. The first-order valence-corrected chi connectivity index (χ1v) is 8.09. The Kier molecular flexibility index (Phi) is 5.79. The van der Waals surface area contributed by atoms with Gasteiger partial charge in [-0.3, -0.25) is 4.79 Å². The van der Waals surface area contributed by atoms with Crippen molar-refractivity contribution in [1.29, 1.82) is 0 Å². The zero-order chi connectivity index (χ0) is 13.5. The summed E-state index contributed by atoms with van der Waals surface area (Å²) in [7, 11) is 0. The van der Waals surface area contributed by atoms with Gasteiger partial charge >= 0.3 is 0 Å². The lowest BCUT2D eigenvalue weighted by molar-refractivity contribution is -0.131. The first kappa shape index (κ1) is 14.5. The summed E-state index contributed by atoms with van der Waals surface area (Å²) in [4.78, 5) is 18.4. The van der Waals surface area contributed by atoms with Gasteiger partial charge in [0.2, 0.25) is 5.91 Å². The second-order valence-corrected chi connectivity index (χ2v) is 5.90. The maximum absolute atomic E-state index is 11.9. The van der Waals surface area contributed by atoms with E-state index in [1.807, 2.05) is 4.90 Å². The fourth-order valence-corrected chi connectivity index (χ4v) is 3.05. The van der Waals surface area contributed by atoms with E-state index in [0.29, 0.717) is 12.3 Å². The Balaban J connectivity index is 1.62. The van der Waals surface area contributed by atoms with Crippen molar-refractivity contribution in [2.75, 3.05) is 19.6 Å². The van der Waals surface area contributed by atoms with Gasteiger partial charge in [-0.05, 0) is 25.7 Å². The van der Waals surface area contributed by atoms with Crippen LogP contribution < -0.4 is 5.32 Å². The van der Waals surface area contributed by atoms with Crippen molar-refractivity contribution in [3.8, 4) is 0 Å². The molecule has 0 atom stereocenters. The largest absolute Gasteiger partial charge is 0.343 e. The molecule has 0 spiro atoms. The van der Waals surface area contributed by atoms with E-state index in [-0.39, 0.29) is 0 Å². The summed E-state index contributed by atoms with van der Waals surface area (Å²) in [6.07, 6.45) is 5.20. The van der Waals surface area contributed by atoms with Crippen LogP contribution >= 0.6 is 11.3 Å². The standard InChI is InChI=1S/C14H23N3OS/c1-2-13-16-12(11-19-13)10-15-7-6-14(18)17-8-4-3-5-9-17/h11,15H,2-10H2,1H3. The molecule has 0 saturated carbocycles.